The van der Waals surface area contributed by atoms with Crippen LogP contribution in [0.3, 0.4) is 0 Å². The smallest absolute Gasteiger partial charge is 0.311 e. The summed E-state index contributed by atoms with van der Waals surface area (Å²) in [7, 11) is 1.55. The van der Waals surface area contributed by atoms with E-state index in [0.29, 0.717) is 25.9 Å². The lowest BCUT2D eigenvalue weighted by Crippen LogP contribution is -2.52. The highest BCUT2D eigenvalue weighted by molar-refractivity contribution is 5.92. The van der Waals surface area contributed by atoms with Gasteiger partial charge in [-0.15, -0.1) is 0 Å². The number of carbonyl (C=O) groups excluding carboxylic acids is 4. The van der Waals surface area contributed by atoms with Gasteiger partial charge in [0.05, 0.1) is 30.7 Å². The average molecular weight is 689 g/mol. The first-order chi connectivity index (χ1) is 22.6. The van der Waals surface area contributed by atoms with Gasteiger partial charge < -0.3 is 33.2 Å². The number of carbonyl (C=O) groups is 4. The molecule has 2 unspecified atom stereocenters. The Balaban J connectivity index is 0.00000293. The number of ketones is 1. The summed E-state index contributed by atoms with van der Waals surface area (Å²) in [5.41, 5.74) is -0.901. The van der Waals surface area contributed by atoms with Crippen LogP contribution < -0.4 is 0 Å². The van der Waals surface area contributed by atoms with Gasteiger partial charge >= 0.3 is 17.9 Å². The summed E-state index contributed by atoms with van der Waals surface area (Å²) in [6.45, 7) is 26.3. The number of ether oxygens (including phenoxy) is 7. The fourth-order valence-corrected chi connectivity index (χ4v) is 6.43. The van der Waals surface area contributed by atoms with Gasteiger partial charge in [-0.05, 0) is 45.4 Å². The van der Waals surface area contributed by atoms with Crippen molar-refractivity contribution in [2.75, 3.05) is 13.7 Å². The Morgan fingerprint density at radius 2 is 1.35 bits per heavy atom. The maximum Gasteiger partial charge on any atom is 0.311 e. The summed E-state index contributed by atoms with van der Waals surface area (Å²) in [5, 5.41) is 0. The van der Waals surface area contributed by atoms with E-state index in [1.807, 2.05) is 34.6 Å². The predicted octanol–water partition coefficient (Wildman–Crippen LogP) is 6.85. The number of hydrogen-bond acceptors (Lipinski definition) is 11. The van der Waals surface area contributed by atoms with Gasteiger partial charge in [0.2, 0.25) is 0 Å². The van der Waals surface area contributed by atoms with Crippen LogP contribution in [0, 0.1) is 23.7 Å². The van der Waals surface area contributed by atoms with Crippen molar-refractivity contribution in [2.45, 2.75) is 178 Å². The van der Waals surface area contributed by atoms with E-state index in [0.717, 1.165) is 0 Å². The first kappa shape index (κ1) is 45.9. The number of esters is 3. The molecule has 0 aliphatic carbocycles. The van der Waals surface area contributed by atoms with Gasteiger partial charge in [0, 0.05) is 33.8 Å². The summed E-state index contributed by atoms with van der Waals surface area (Å²) in [6, 6.07) is 0. The molecule has 0 aromatic carbocycles. The third kappa shape index (κ3) is 14.0. The van der Waals surface area contributed by atoms with Crippen LogP contribution in [0.4, 0.5) is 0 Å². The quantitative estimate of drug-likeness (QED) is 0.170. The number of Topliss-reactive ketones (excluding diaryl/α,β-unsaturated/α-hetero) is 1. The highest BCUT2D eigenvalue weighted by Gasteiger charge is 2.55. The second-order valence-electron chi connectivity index (χ2n) is 13.0. The Hall–Kier alpha value is -2.08. The maximum absolute atomic E-state index is 13.5. The lowest BCUT2D eigenvalue weighted by molar-refractivity contribution is -0.276. The molecule has 3 rings (SSSR count). The first-order valence-electron chi connectivity index (χ1n) is 18.2. The highest BCUT2D eigenvalue weighted by atomic mass is 16.7. The van der Waals surface area contributed by atoms with Crippen molar-refractivity contribution in [1.29, 1.82) is 0 Å². The van der Waals surface area contributed by atoms with Crippen LogP contribution in [-0.2, 0) is 52.3 Å². The molecule has 3 aliphatic heterocycles. The van der Waals surface area contributed by atoms with Crippen molar-refractivity contribution < 1.29 is 52.3 Å². The van der Waals surface area contributed by atoms with E-state index in [1.54, 1.807) is 34.8 Å². The van der Waals surface area contributed by atoms with Crippen molar-refractivity contribution in [3.63, 3.8) is 0 Å². The van der Waals surface area contributed by atoms with Crippen molar-refractivity contribution in [3.8, 4) is 0 Å². The second kappa shape index (κ2) is 22.6. The molecule has 48 heavy (non-hydrogen) atoms. The zero-order valence-electron chi connectivity index (χ0n) is 32.6. The highest BCUT2D eigenvalue weighted by Crippen LogP contribution is 2.41. The van der Waals surface area contributed by atoms with Gasteiger partial charge in [-0.25, -0.2) is 0 Å². The summed E-state index contributed by atoms with van der Waals surface area (Å²) in [6.07, 6.45) is -1.26. The fraction of sp³-hybridized carbons (Fsp3) is 0.892. The fourth-order valence-electron chi connectivity index (χ4n) is 6.43. The standard InChI is InChI=1S/C30H48O11.C3H8.2C2H6/c1-15-10-16(2)26(41-25-12-24(35-9)27(20(6)38-25)40-22(8)32)19(5)29(34)37-17(3)11-23(39-21(7)31)18(4)28(33)30(13-15)14-36-30;1-3-2;2*1-2/h15-20,23-27H,10-14H2,1-9H3;3H2,1-2H3;2*1-2H3/t15-,16-,17-,18-,19-,20?,23?,24-,25+,26+,27+,30-;;;/m1.../s1. The molecular weight excluding hydrogens is 620 g/mol. The number of rotatable bonds is 5. The molecule has 0 saturated carbocycles. The molecule has 1 spiro atoms. The molecule has 282 valence electrons. The van der Waals surface area contributed by atoms with Crippen LogP contribution in [0.5, 0.6) is 0 Å². The number of methoxy groups -OCH3 is 1. The summed E-state index contributed by atoms with van der Waals surface area (Å²) >= 11 is 0. The minimum atomic E-state index is -0.901. The van der Waals surface area contributed by atoms with Crippen molar-refractivity contribution in [2.24, 2.45) is 23.7 Å². The van der Waals surface area contributed by atoms with Gasteiger partial charge in [0.15, 0.2) is 23.8 Å². The van der Waals surface area contributed by atoms with E-state index in [9.17, 15) is 19.2 Å². The lowest BCUT2D eigenvalue weighted by atomic mass is 9.79. The number of epoxide rings is 1. The van der Waals surface area contributed by atoms with Crippen LogP contribution in [0.25, 0.3) is 0 Å². The Kier molecular flexibility index (Phi) is 21.6. The molecular formula is C37H68O11. The first-order valence-corrected chi connectivity index (χ1v) is 18.2. The van der Waals surface area contributed by atoms with Gasteiger partial charge in [-0.2, -0.15) is 0 Å². The largest absolute Gasteiger partial charge is 0.462 e. The predicted molar refractivity (Wildman–Crippen MR) is 184 cm³/mol. The summed E-state index contributed by atoms with van der Waals surface area (Å²) in [4.78, 5) is 50.4. The molecule has 3 aliphatic rings. The molecule has 11 heteroatoms. The molecule has 11 nitrogen and oxygen atoms in total. The normalized spacial score (nSPS) is 37.0. The Morgan fingerprint density at radius 3 is 1.83 bits per heavy atom. The Morgan fingerprint density at radius 1 is 0.812 bits per heavy atom. The summed E-state index contributed by atoms with van der Waals surface area (Å²) in [5.74, 6) is -2.77. The lowest BCUT2D eigenvalue weighted by Gasteiger charge is -2.41. The molecule has 0 amide bonds. The molecule has 3 saturated heterocycles. The van der Waals surface area contributed by atoms with Crippen LogP contribution in [0.2, 0.25) is 0 Å². The third-order valence-electron chi connectivity index (χ3n) is 8.52. The molecule has 0 radical (unpaired) electrons. The van der Waals surface area contributed by atoms with Crippen LogP contribution in [0.1, 0.15) is 129 Å². The van der Waals surface area contributed by atoms with Crippen molar-refractivity contribution in [1.82, 2.24) is 0 Å². The molecule has 0 aromatic heterocycles. The molecule has 3 fully saturated rings. The van der Waals surface area contributed by atoms with Crippen molar-refractivity contribution in [3.05, 3.63) is 0 Å². The molecule has 0 N–H and O–H groups in total. The second-order valence-corrected chi connectivity index (χ2v) is 13.0. The maximum atomic E-state index is 13.5. The minimum absolute atomic E-state index is 0.0679. The third-order valence-corrected chi connectivity index (χ3v) is 8.52. The van der Waals surface area contributed by atoms with Gasteiger partial charge in [0.1, 0.15) is 18.3 Å². The van der Waals surface area contributed by atoms with E-state index in [2.05, 4.69) is 20.8 Å². The van der Waals surface area contributed by atoms with Gasteiger partial charge in [-0.1, -0.05) is 68.7 Å². The van der Waals surface area contributed by atoms with E-state index >= 15 is 0 Å². The van der Waals surface area contributed by atoms with Crippen LogP contribution >= 0.6 is 0 Å². The van der Waals surface area contributed by atoms with E-state index in [4.69, 9.17) is 33.2 Å². The molecule has 3 heterocycles. The van der Waals surface area contributed by atoms with E-state index in [-0.39, 0.29) is 24.0 Å². The SMILES string of the molecule is CC.CC.CCC.CO[C@@H]1C[C@H](O[C@H]2[C@H](C)C[C@@H](C)C[C@@]3(CO3)C(=O)[C@H](C)C(OC(C)=O)C[C@@H](C)OC(=O)[C@@H]2C)OC(C)[C@@H]1OC(C)=O. The Bertz CT molecular complexity index is 965. The average Bonchev–Trinajstić information content (AvgIpc) is 3.81. The van der Waals surface area contributed by atoms with Crippen LogP contribution in [0.15, 0.2) is 0 Å². The molecule has 0 aromatic rings. The van der Waals surface area contributed by atoms with E-state index in [1.165, 1.54) is 20.3 Å². The number of cyclic esters (lactones) is 1. The van der Waals surface area contributed by atoms with Gasteiger partial charge in [-0.3, -0.25) is 19.2 Å². The van der Waals surface area contributed by atoms with Gasteiger partial charge in [0.25, 0.3) is 0 Å². The topological polar surface area (TPSA) is 136 Å². The molecule has 12 atom stereocenters. The van der Waals surface area contributed by atoms with Crippen molar-refractivity contribution >= 4 is 23.7 Å². The number of hydrogen-bond donors (Lipinski definition) is 0. The molecule has 0 bridgehead atoms. The zero-order valence-corrected chi connectivity index (χ0v) is 32.6. The van der Waals surface area contributed by atoms with E-state index < -0.39 is 78.3 Å². The zero-order chi connectivity index (χ0) is 37.4. The monoisotopic (exact) mass is 688 g/mol. The minimum Gasteiger partial charge on any atom is -0.462 e. The summed E-state index contributed by atoms with van der Waals surface area (Å²) < 4.78 is 40.7. The van der Waals surface area contributed by atoms with Crippen LogP contribution in [-0.4, -0.2) is 85.9 Å². The Labute approximate surface area is 290 Å².